The van der Waals surface area contributed by atoms with E-state index in [4.69, 9.17) is 0 Å². The molecule has 0 spiro atoms. The van der Waals surface area contributed by atoms with Crippen LogP contribution in [0.25, 0.3) is 12.2 Å². The van der Waals surface area contributed by atoms with Gasteiger partial charge in [-0.05, 0) is 47.5 Å². The molecule has 0 aromatic heterocycles. The molecule has 24 heavy (non-hydrogen) atoms. The summed E-state index contributed by atoms with van der Waals surface area (Å²) in [5.41, 5.74) is 4.46. The van der Waals surface area contributed by atoms with Gasteiger partial charge in [0.05, 0.1) is 0 Å². The molecule has 0 amide bonds. The van der Waals surface area contributed by atoms with Crippen molar-refractivity contribution in [2.75, 3.05) is 10.6 Å². The second-order valence-electron chi connectivity index (χ2n) is 5.35. The zero-order valence-corrected chi connectivity index (χ0v) is 13.4. The molecule has 3 aromatic carbocycles. The van der Waals surface area contributed by atoms with Gasteiger partial charge in [-0.2, -0.15) is 0 Å². The minimum atomic E-state index is 1.06. The van der Waals surface area contributed by atoms with Crippen LogP contribution in [0.4, 0.5) is 11.4 Å². The molecule has 0 aliphatic rings. The molecule has 118 valence electrons. The molecule has 0 bridgehead atoms. The fraction of sp³-hybridized carbons (Fsp3) is 0. The highest BCUT2D eigenvalue weighted by Gasteiger charge is 1.91. The van der Waals surface area contributed by atoms with Gasteiger partial charge in [0.15, 0.2) is 0 Å². The third-order valence-electron chi connectivity index (χ3n) is 3.54. The van der Waals surface area contributed by atoms with Crippen molar-refractivity contribution in [3.8, 4) is 0 Å². The highest BCUT2D eigenvalue weighted by Crippen LogP contribution is 2.14. The lowest BCUT2D eigenvalue weighted by Gasteiger charge is -2.04. The second kappa shape index (κ2) is 8.39. The van der Waals surface area contributed by atoms with Crippen LogP contribution in [-0.2, 0) is 0 Å². The van der Waals surface area contributed by atoms with Gasteiger partial charge in [0.25, 0.3) is 0 Å². The van der Waals surface area contributed by atoms with Crippen LogP contribution in [0.2, 0.25) is 0 Å². The third-order valence-corrected chi connectivity index (χ3v) is 3.54. The van der Waals surface area contributed by atoms with Crippen LogP contribution in [0.1, 0.15) is 11.1 Å². The average Bonchev–Trinajstić information content (AvgIpc) is 2.65. The molecule has 0 saturated heterocycles. The van der Waals surface area contributed by atoms with Crippen molar-refractivity contribution in [1.82, 2.24) is 0 Å². The first kappa shape index (κ1) is 15.6. The fourth-order valence-corrected chi connectivity index (χ4v) is 2.26. The Bertz CT molecular complexity index is 718. The first-order valence-corrected chi connectivity index (χ1v) is 7.96. The van der Waals surface area contributed by atoms with E-state index in [1.54, 1.807) is 0 Å². The van der Waals surface area contributed by atoms with Crippen LogP contribution >= 0.6 is 0 Å². The summed E-state index contributed by atoms with van der Waals surface area (Å²) < 4.78 is 0. The van der Waals surface area contributed by atoms with Crippen molar-refractivity contribution in [2.45, 2.75) is 0 Å². The van der Waals surface area contributed by atoms with Crippen molar-refractivity contribution in [3.63, 3.8) is 0 Å². The normalized spacial score (nSPS) is 11.0. The Hall–Kier alpha value is -3.26. The average molecular weight is 312 g/mol. The van der Waals surface area contributed by atoms with Crippen molar-refractivity contribution in [1.29, 1.82) is 0 Å². The van der Waals surface area contributed by atoms with Crippen LogP contribution in [-0.4, -0.2) is 0 Å². The molecule has 0 aliphatic carbocycles. The maximum absolute atomic E-state index is 3.28. The van der Waals surface area contributed by atoms with Crippen molar-refractivity contribution in [2.24, 2.45) is 0 Å². The highest BCUT2D eigenvalue weighted by molar-refractivity contribution is 5.60. The maximum atomic E-state index is 3.28. The van der Waals surface area contributed by atoms with E-state index >= 15 is 0 Å². The molecule has 3 rings (SSSR count). The lowest BCUT2D eigenvalue weighted by atomic mass is 10.2. The molecule has 0 heterocycles. The molecular weight excluding hydrogens is 292 g/mol. The zero-order chi connectivity index (χ0) is 16.5. The van der Waals surface area contributed by atoms with Crippen LogP contribution in [0, 0.1) is 0 Å². The number of hydrogen-bond acceptors (Lipinski definition) is 2. The fourth-order valence-electron chi connectivity index (χ4n) is 2.26. The lowest BCUT2D eigenvalue weighted by Crippen LogP contribution is -1.90. The first-order chi connectivity index (χ1) is 11.9. The standard InChI is InChI=1S/C22H20N2/c1-3-7-19(8-4-1)15-17-23-21-11-13-22(14-12-21)24-18-16-20-9-5-2-6-10-20/h1-18,23-24H/b17-15+,18-16?. The van der Waals surface area contributed by atoms with Crippen molar-refractivity contribution >= 4 is 23.5 Å². The number of hydrogen-bond donors (Lipinski definition) is 2. The molecular formula is C22H20N2. The third kappa shape index (κ3) is 4.89. The maximum Gasteiger partial charge on any atom is 0.0381 e. The van der Waals surface area contributed by atoms with Gasteiger partial charge < -0.3 is 10.6 Å². The van der Waals surface area contributed by atoms with Gasteiger partial charge in [-0.15, -0.1) is 0 Å². The Labute approximate surface area is 143 Å². The van der Waals surface area contributed by atoms with E-state index in [-0.39, 0.29) is 0 Å². The summed E-state index contributed by atoms with van der Waals surface area (Å²) in [6.07, 6.45) is 8.00. The highest BCUT2D eigenvalue weighted by atomic mass is 14.9. The van der Waals surface area contributed by atoms with Gasteiger partial charge in [-0.25, -0.2) is 0 Å². The molecule has 2 nitrogen and oxygen atoms in total. The first-order valence-electron chi connectivity index (χ1n) is 7.96. The Morgan fingerprint density at radius 3 is 1.21 bits per heavy atom. The lowest BCUT2D eigenvalue weighted by molar-refractivity contribution is 1.54. The topological polar surface area (TPSA) is 24.1 Å². The number of nitrogens with one attached hydrogen (secondary N) is 2. The SMILES string of the molecule is C(=Cc1ccccc1)Nc1ccc(N/C=C/c2ccccc2)cc1. The summed E-state index contributed by atoms with van der Waals surface area (Å²) in [7, 11) is 0. The summed E-state index contributed by atoms with van der Waals surface area (Å²) in [6.45, 7) is 0. The van der Waals surface area contributed by atoms with Gasteiger partial charge in [0.1, 0.15) is 0 Å². The summed E-state index contributed by atoms with van der Waals surface area (Å²) in [4.78, 5) is 0. The Balaban J connectivity index is 1.52. The molecule has 0 unspecified atom stereocenters. The summed E-state index contributed by atoms with van der Waals surface area (Å²) in [5, 5.41) is 6.55. The van der Waals surface area contributed by atoms with Gasteiger partial charge in [0.2, 0.25) is 0 Å². The second-order valence-corrected chi connectivity index (χ2v) is 5.35. The van der Waals surface area contributed by atoms with Gasteiger partial charge in [-0.1, -0.05) is 60.7 Å². The molecule has 2 N–H and O–H groups in total. The van der Waals surface area contributed by atoms with Crippen LogP contribution in [0.5, 0.6) is 0 Å². The van der Waals surface area contributed by atoms with Gasteiger partial charge >= 0.3 is 0 Å². The largest absolute Gasteiger partial charge is 0.362 e. The van der Waals surface area contributed by atoms with Crippen molar-refractivity contribution < 1.29 is 0 Å². The quantitative estimate of drug-likeness (QED) is 0.596. The van der Waals surface area contributed by atoms with Crippen LogP contribution < -0.4 is 10.6 Å². The van der Waals surface area contributed by atoms with Crippen molar-refractivity contribution in [3.05, 3.63) is 108 Å². The van der Waals surface area contributed by atoms with E-state index in [9.17, 15) is 0 Å². The monoisotopic (exact) mass is 312 g/mol. The molecule has 0 atom stereocenters. The summed E-state index contributed by atoms with van der Waals surface area (Å²) >= 11 is 0. The number of benzene rings is 3. The summed E-state index contributed by atoms with van der Waals surface area (Å²) in [5.74, 6) is 0. The zero-order valence-electron chi connectivity index (χ0n) is 13.4. The molecule has 0 saturated carbocycles. The van der Waals surface area contributed by atoms with Crippen LogP contribution in [0.15, 0.2) is 97.3 Å². The van der Waals surface area contributed by atoms with E-state index in [0.717, 1.165) is 11.4 Å². The Morgan fingerprint density at radius 2 is 0.833 bits per heavy atom. The number of anilines is 2. The van der Waals surface area contributed by atoms with Gasteiger partial charge in [0, 0.05) is 23.8 Å². The van der Waals surface area contributed by atoms with E-state index in [1.807, 2.05) is 73.1 Å². The Kier molecular flexibility index (Phi) is 5.47. The molecule has 0 aliphatic heterocycles. The minimum Gasteiger partial charge on any atom is -0.362 e. The summed E-state index contributed by atoms with van der Waals surface area (Å²) in [6, 6.07) is 28.6. The molecule has 0 radical (unpaired) electrons. The minimum absolute atomic E-state index is 1.06. The smallest absolute Gasteiger partial charge is 0.0381 e. The van der Waals surface area contributed by atoms with E-state index in [1.165, 1.54) is 11.1 Å². The molecule has 3 aromatic rings. The predicted molar refractivity (Wildman–Crippen MR) is 105 cm³/mol. The predicted octanol–water partition coefficient (Wildman–Crippen LogP) is 5.85. The molecule has 2 heteroatoms. The Morgan fingerprint density at radius 1 is 0.458 bits per heavy atom. The van der Waals surface area contributed by atoms with Crippen LogP contribution in [0.3, 0.4) is 0 Å². The van der Waals surface area contributed by atoms with E-state index in [0.29, 0.717) is 0 Å². The van der Waals surface area contributed by atoms with Gasteiger partial charge in [-0.3, -0.25) is 0 Å². The molecule has 0 fully saturated rings. The van der Waals surface area contributed by atoms with E-state index in [2.05, 4.69) is 47.1 Å². The number of rotatable bonds is 6. The van der Waals surface area contributed by atoms with E-state index < -0.39 is 0 Å².